The van der Waals surface area contributed by atoms with E-state index in [1.165, 1.54) is 0 Å². The summed E-state index contributed by atoms with van der Waals surface area (Å²) in [6.45, 7) is 5.53. The molecule has 6 nitrogen and oxygen atoms in total. The van der Waals surface area contributed by atoms with Crippen LogP contribution >= 0.6 is 0 Å². The Morgan fingerprint density at radius 1 is 1.32 bits per heavy atom. The summed E-state index contributed by atoms with van der Waals surface area (Å²) >= 11 is 0. The number of carboxylic acid groups (broad SMARTS) is 1. The van der Waals surface area contributed by atoms with Gasteiger partial charge in [-0.25, -0.2) is 9.59 Å². The number of anilines is 1. The van der Waals surface area contributed by atoms with Crippen LogP contribution in [-0.2, 0) is 19.1 Å². The third-order valence-corrected chi connectivity index (χ3v) is 4.59. The highest BCUT2D eigenvalue weighted by Crippen LogP contribution is 2.49. The van der Waals surface area contributed by atoms with E-state index in [0.717, 1.165) is 5.56 Å². The van der Waals surface area contributed by atoms with E-state index in [1.807, 2.05) is 32.0 Å². The summed E-state index contributed by atoms with van der Waals surface area (Å²) in [5.41, 5.74) is -0.376. The Morgan fingerprint density at radius 2 is 2.04 bits per heavy atom. The average molecular weight is 343 g/mol. The summed E-state index contributed by atoms with van der Waals surface area (Å²) < 4.78 is 5.40. The van der Waals surface area contributed by atoms with Gasteiger partial charge in [-0.2, -0.15) is 0 Å². The maximum absolute atomic E-state index is 12.2. The number of aliphatic carboxylic acids is 1. The molecule has 1 heterocycles. The Labute approximate surface area is 146 Å². The van der Waals surface area contributed by atoms with Crippen LogP contribution in [0.2, 0.25) is 0 Å². The zero-order valence-corrected chi connectivity index (χ0v) is 14.5. The summed E-state index contributed by atoms with van der Waals surface area (Å²) in [6, 6.07) is 6.65. The Balaban J connectivity index is 2.75. The first-order valence-electron chi connectivity index (χ1n) is 8.15. The van der Waals surface area contributed by atoms with Crippen molar-refractivity contribution in [1.82, 2.24) is 0 Å². The van der Waals surface area contributed by atoms with Crippen LogP contribution in [0.15, 0.2) is 35.5 Å². The number of ether oxygens (including phenoxy) is 1. The predicted molar refractivity (Wildman–Crippen MR) is 92.7 cm³/mol. The van der Waals surface area contributed by atoms with Crippen LogP contribution in [0, 0.1) is 12.3 Å². The number of carbonyl (C=O) groups excluding carboxylic acids is 2. The normalized spacial score (nSPS) is 22.7. The maximum Gasteiger partial charge on any atom is 0.319 e. The fourth-order valence-corrected chi connectivity index (χ4v) is 3.47. The molecule has 0 spiro atoms. The first kappa shape index (κ1) is 18.7. The van der Waals surface area contributed by atoms with Crippen LogP contribution in [0.3, 0.4) is 0 Å². The molecule has 1 aliphatic heterocycles. The molecule has 1 fully saturated rings. The smallest absolute Gasteiger partial charge is 0.319 e. The number of benzene rings is 1. The van der Waals surface area contributed by atoms with Gasteiger partial charge in [-0.3, -0.25) is 4.79 Å². The molecule has 2 rings (SSSR count). The minimum Gasteiger partial charge on any atom is -0.480 e. The summed E-state index contributed by atoms with van der Waals surface area (Å²) in [4.78, 5) is 37.1. The molecular formula is C19H21NO5. The van der Waals surface area contributed by atoms with Crippen molar-refractivity contribution in [1.29, 1.82) is 0 Å². The number of allylic oxidation sites excluding steroid dienone is 1. The lowest BCUT2D eigenvalue weighted by Gasteiger charge is -2.34. The van der Waals surface area contributed by atoms with Gasteiger partial charge in [-0.1, -0.05) is 19.1 Å². The lowest BCUT2D eigenvalue weighted by molar-refractivity contribution is -0.150. The predicted octanol–water partition coefficient (Wildman–Crippen LogP) is 2.17. The van der Waals surface area contributed by atoms with E-state index in [-0.39, 0.29) is 17.9 Å². The fraction of sp³-hybridized carbons (Fsp3) is 0.421. The number of hydrogen-bond donors (Lipinski definition) is 1. The molecule has 25 heavy (non-hydrogen) atoms. The zero-order chi connectivity index (χ0) is 18.6. The molecule has 132 valence electrons. The van der Waals surface area contributed by atoms with Gasteiger partial charge in [0.2, 0.25) is 0 Å². The van der Waals surface area contributed by atoms with Crippen molar-refractivity contribution < 1.29 is 24.2 Å². The van der Waals surface area contributed by atoms with Gasteiger partial charge in [0, 0.05) is 12.3 Å². The van der Waals surface area contributed by atoms with E-state index in [2.05, 4.69) is 0 Å². The Morgan fingerprint density at radius 3 is 2.52 bits per heavy atom. The lowest BCUT2D eigenvalue weighted by atomic mass is 9.76. The molecule has 1 N–H and O–H groups in total. The molecule has 1 aromatic rings. The van der Waals surface area contributed by atoms with Crippen molar-refractivity contribution in [3.05, 3.63) is 41.1 Å². The van der Waals surface area contributed by atoms with Crippen molar-refractivity contribution in [3.63, 3.8) is 0 Å². The number of carbonyl (C=O) groups is 1. The molecule has 0 amide bonds. The van der Waals surface area contributed by atoms with Crippen molar-refractivity contribution in [2.45, 2.75) is 33.2 Å². The number of hydrogen-bond acceptors (Lipinski definition) is 5. The maximum atomic E-state index is 12.2. The lowest BCUT2D eigenvalue weighted by Crippen LogP contribution is -2.48. The molecule has 6 heteroatoms. The first-order valence-corrected chi connectivity index (χ1v) is 8.15. The van der Waals surface area contributed by atoms with E-state index in [9.17, 15) is 19.5 Å². The summed E-state index contributed by atoms with van der Waals surface area (Å²) in [7, 11) is 0. The van der Waals surface area contributed by atoms with Crippen LogP contribution in [0.5, 0.6) is 0 Å². The van der Waals surface area contributed by atoms with Crippen molar-refractivity contribution in [2.75, 3.05) is 18.1 Å². The topological polar surface area (TPSA) is 83.9 Å². The Bertz CT molecular complexity index is 774. The van der Waals surface area contributed by atoms with Gasteiger partial charge >= 0.3 is 5.97 Å². The summed E-state index contributed by atoms with van der Waals surface area (Å²) in [5.74, 6) is 2.23. The standard InChI is InChI=1S/C19H21NO5/c1-4-17-19(18(23)24,12-25-5-2)15(10-21)16(11-22)20(17)14-8-6-7-13(3)9-14/h6-9,17H,4-5,12H2,1-3H3,(H,23,24). The van der Waals surface area contributed by atoms with Crippen LogP contribution < -0.4 is 4.90 Å². The monoisotopic (exact) mass is 343 g/mol. The van der Waals surface area contributed by atoms with Crippen molar-refractivity contribution in [2.24, 2.45) is 5.41 Å². The van der Waals surface area contributed by atoms with Gasteiger partial charge in [-0.15, -0.1) is 0 Å². The molecule has 0 aromatic heterocycles. The second-order valence-corrected chi connectivity index (χ2v) is 5.97. The molecule has 0 bridgehead atoms. The molecule has 1 aromatic carbocycles. The molecular weight excluding hydrogens is 322 g/mol. The van der Waals surface area contributed by atoms with Crippen molar-refractivity contribution >= 4 is 23.5 Å². The molecule has 0 aliphatic carbocycles. The first-order chi connectivity index (χ1) is 12.0. The third-order valence-electron chi connectivity index (χ3n) is 4.59. The van der Waals surface area contributed by atoms with Crippen LogP contribution in [0.1, 0.15) is 25.8 Å². The number of rotatable bonds is 6. The summed E-state index contributed by atoms with van der Waals surface area (Å²) in [6.07, 6.45) is 0.393. The number of aryl methyl sites for hydroxylation is 1. The highest BCUT2D eigenvalue weighted by atomic mass is 16.5. The van der Waals surface area contributed by atoms with Gasteiger partial charge in [0.05, 0.1) is 18.2 Å². The number of nitrogens with zero attached hydrogens (tertiary/aromatic N) is 1. The van der Waals surface area contributed by atoms with E-state index < -0.39 is 17.4 Å². The van der Waals surface area contributed by atoms with Gasteiger partial charge in [-0.05, 0) is 38.0 Å². The van der Waals surface area contributed by atoms with Crippen LogP contribution in [0.4, 0.5) is 5.69 Å². The molecule has 1 aliphatic rings. The average Bonchev–Trinajstić information content (AvgIpc) is 2.89. The third kappa shape index (κ3) is 2.92. The highest BCUT2D eigenvalue weighted by molar-refractivity contribution is 5.95. The van der Waals surface area contributed by atoms with Gasteiger partial charge in [0.25, 0.3) is 0 Å². The molecule has 2 unspecified atom stereocenters. The van der Waals surface area contributed by atoms with E-state index >= 15 is 0 Å². The Hall–Kier alpha value is -2.65. The van der Waals surface area contributed by atoms with E-state index in [1.54, 1.807) is 29.8 Å². The van der Waals surface area contributed by atoms with Gasteiger partial charge in [0.15, 0.2) is 5.94 Å². The van der Waals surface area contributed by atoms with Crippen molar-refractivity contribution in [3.8, 4) is 0 Å². The van der Waals surface area contributed by atoms with Gasteiger partial charge in [0.1, 0.15) is 17.1 Å². The SMILES string of the molecule is CCOCC1(C(=O)O)C(=C=O)C(=C=O)N(c2cccc(C)c2)C1CC. The minimum atomic E-state index is -1.66. The molecule has 2 atom stereocenters. The molecule has 1 saturated heterocycles. The summed E-state index contributed by atoms with van der Waals surface area (Å²) in [5, 5.41) is 9.98. The minimum absolute atomic E-state index is 0.0884. The Kier molecular flexibility index (Phi) is 5.60. The van der Waals surface area contributed by atoms with Gasteiger partial charge < -0.3 is 14.7 Å². The second kappa shape index (κ2) is 7.49. The highest BCUT2D eigenvalue weighted by Gasteiger charge is 2.60. The largest absolute Gasteiger partial charge is 0.480 e. The van der Waals surface area contributed by atoms with E-state index in [4.69, 9.17) is 4.74 Å². The van der Waals surface area contributed by atoms with E-state index in [0.29, 0.717) is 18.7 Å². The zero-order valence-electron chi connectivity index (χ0n) is 14.5. The quantitative estimate of drug-likeness (QED) is 0.797. The number of carboxylic acids is 1. The van der Waals surface area contributed by atoms with Crippen LogP contribution in [-0.4, -0.2) is 42.2 Å². The second-order valence-electron chi connectivity index (χ2n) is 5.97. The molecule has 0 saturated carbocycles. The van der Waals surface area contributed by atoms with Crippen LogP contribution in [0.25, 0.3) is 0 Å². The fourth-order valence-electron chi connectivity index (χ4n) is 3.47. The molecule has 0 radical (unpaired) electrons.